The molecule has 2 amide bonds. The normalized spacial score (nSPS) is 14.9. The Morgan fingerprint density at radius 1 is 1.27 bits per heavy atom. The molecule has 0 aromatic heterocycles. The van der Waals surface area contributed by atoms with E-state index in [4.69, 9.17) is 0 Å². The lowest BCUT2D eigenvalue weighted by atomic mass is 10.1. The van der Waals surface area contributed by atoms with Crippen LogP contribution in [0.25, 0.3) is 0 Å². The lowest BCUT2D eigenvalue weighted by Crippen LogP contribution is -2.42. The molecule has 120 valence electrons. The molecule has 1 fully saturated rings. The number of aryl methyl sites for hydroxylation is 2. The lowest BCUT2D eigenvalue weighted by molar-refractivity contribution is -0.135. The fourth-order valence-corrected chi connectivity index (χ4v) is 3.25. The van der Waals surface area contributed by atoms with Crippen molar-refractivity contribution >= 4 is 17.5 Å². The second-order valence-electron chi connectivity index (χ2n) is 6.10. The van der Waals surface area contributed by atoms with Crippen LogP contribution in [0.15, 0.2) is 18.2 Å². The number of carbonyl (C=O) groups excluding carboxylic acids is 2. The maximum atomic E-state index is 12.4. The minimum absolute atomic E-state index is 0.0115. The monoisotopic (exact) mass is 302 g/mol. The van der Waals surface area contributed by atoms with Crippen molar-refractivity contribution in [3.8, 4) is 0 Å². The first-order valence-corrected chi connectivity index (χ1v) is 8.18. The number of hydrogen-bond acceptors (Lipinski definition) is 2. The number of amides is 2. The molecule has 0 saturated heterocycles. The third kappa shape index (κ3) is 3.87. The average Bonchev–Trinajstić information content (AvgIpc) is 3.00. The topological polar surface area (TPSA) is 49.4 Å². The first kappa shape index (κ1) is 16.5. The van der Waals surface area contributed by atoms with Crippen LogP contribution < -0.4 is 5.32 Å². The summed E-state index contributed by atoms with van der Waals surface area (Å²) in [5, 5.41) is 3.01. The molecule has 1 N–H and O–H groups in total. The molecule has 1 aliphatic rings. The first-order valence-electron chi connectivity index (χ1n) is 8.18. The number of hydrogen-bond donors (Lipinski definition) is 1. The number of nitrogens with one attached hydrogen (secondary N) is 1. The fraction of sp³-hybridized carbons (Fsp3) is 0.556. The first-order chi connectivity index (χ1) is 10.5. The van der Waals surface area contributed by atoms with Crippen LogP contribution in [0.5, 0.6) is 0 Å². The summed E-state index contributed by atoms with van der Waals surface area (Å²) in [6.07, 6.45) is 5.19. The molecule has 0 heterocycles. The van der Waals surface area contributed by atoms with E-state index < -0.39 is 0 Å². The van der Waals surface area contributed by atoms with Gasteiger partial charge in [-0.25, -0.2) is 0 Å². The van der Waals surface area contributed by atoms with Crippen LogP contribution in [0.2, 0.25) is 0 Å². The van der Waals surface area contributed by atoms with E-state index in [-0.39, 0.29) is 24.4 Å². The number of anilines is 1. The van der Waals surface area contributed by atoms with E-state index in [1.54, 1.807) is 11.8 Å². The molecule has 0 unspecified atom stereocenters. The van der Waals surface area contributed by atoms with Gasteiger partial charge in [-0.05, 0) is 37.3 Å². The Morgan fingerprint density at radius 2 is 1.95 bits per heavy atom. The van der Waals surface area contributed by atoms with E-state index in [9.17, 15) is 9.59 Å². The van der Waals surface area contributed by atoms with Gasteiger partial charge >= 0.3 is 0 Å². The number of carbonyl (C=O) groups is 2. The van der Waals surface area contributed by atoms with Crippen molar-refractivity contribution < 1.29 is 9.59 Å². The molecule has 0 aliphatic heterocycles. The molecule has 1 aromatic rings. The molecule has 1 aliphatic carbocycles. The van der Waals surface area contributed by atoms with E-state index in [0.717, 1.165) is 48.9 Å². The maximum absolute atomic E-state index is 12.4. The predicted octanol–water partition coefficient (Wildman–Crippen LogP) is 3.29. The van der Waals surface area contributed by atoms with Crippen LogP contribution in [-0.4, -0.2) is 29.3 Å². The van der Waals surface area contributed by atoms with E-state index >= 15 is 0 Å². The van der Waals surface area contributed by atoms with Crippen LogP contribution in [0, 0.1) is 6.92 Å². The Kier molecular flexibility index (Phi) is 5.58. The van der Waals surface area contributed by atoms with Crippen LogP contribution in [0.3, 0.4) is 0 Å². The van der Waals surface area contributed by atoms with Gasteiger partial charge in [-0.1, -0.05) is 38.0 Å². The van der Waals surface area contributed by atoms with Gasteiger partial charge in [0.25, 0.3) is 0 Å². The number of rotatable bonds is 5. The number of benzene rings is 1. The minimum Gasteiger partial charge on any atom is -0.331 e. The quantitative estimate of drug-likeness (QED) is 0.907. The van der Waals surface area contributed by atoms with Gasteiger partial charge < -0.3 is 10.2 Å². The zero-order valence-corrected chi connectivity index (χ0v) is 13.8. The summed E-state index contributed by atoms with van der Waals surface area (Å²) in [4.78, 5) is 26.0. The predicted molar refractivity (Wildman–Crippen MR) is 88.8 cm³/mol. The van der Waals surface area contributed by atoms with Crippen molar-refractivity contribution in [3.05, 3.63) is 29.3 Å². The van der Waals surface area contributed by atoms with Crippen LogP contribution in [-0.2, 0) is 16.0 Å². The molecule has 1 aromatic carbocycles. The van der Waals surface area contributed by atoms with Crippen molar-refractivity contribution in [1.29, 1.82) is 0 Å². The summed E-state index contributed by atoms with van der Waals surface area (Å²) in [5.74, 6) is -0.117. The fourth-order valence-electron chi connectivity index (χ4n) is 3.25. The Bertz CT molecular complexity index is 548. The van der Waals surface area contributed by atoms with Crippen LogP contribution >= 0.6 is 0 Å². The SMILES string of the molecule is CCc1cccc(C)c1NC(=O)CN(C(C)=O)C1CCCC1. The highest BCUT2D eigenvalue weighted by Gasteiger charge is 2.26. The molecule has 0 atom stereocenters. The minimum atomic E-state index is -0.105. The number of para-hydroxylation sites is 1. The summed E-state index contributed by atoms with van der Waals surface area (Å²) in [7, 11) is 0. The van der Waals surface area contributed by atoms with E-state index in [1.807, 2.05) is 25.1 Å². The highest BCUT2D eigenvalue weighted by atomic mass is 16.2. The van der Waals surface area contributed by atoms with E-state index in [1.165, 1.54) is 0 Å². The van der Waals surface area contributed by atoms with Crippen molar-refractivity contribution in [2.45, 2.75) is 58.9 Å². The van der Waals surface area contributed by atoms with Gasteiger partial charge in [-0.15, -0.1) is 0 Å². The zero-order chi connectivity index (χ0) is 16.1. The second-order valence-corrected chi connectivity index (χ2v) is 6.10. The smallest absolute Gasteiger partial charge is 0.244 e. The standard InChI is InChI=1S/C18H26N2O2/c1-4-15-9-7-8-13(2)18(15)19-17(22)12-20(14(3)21)16-10-5-6-11-16/h7-9,16H,4-6,10-12H2,1-3H3,(H,19,22). The molecule has 2 rings (SSSR count). The summed E-state index contributed by atoms with van der Waals surface area (Å²) in [6, 6.07) is 6.26. The molecular formula is C18H26N2O2. The van der Waals surface area contributed by atoms with Crippen molar-refractivity contribution in [1.82, 2.24) is 4.90 Å². The maximum Gasteiger partial charge on any atom is 0.244 e. The Morgan fingerprint density at radius 3 is 2.55 bits per heavy atom. The van der Waals surface area contributed by atoms with Crippen LogP contribution in [0.1, 0.15) is 50.7 Å². The van der Waals surface area contributed by atoms with Crippen molar-refractivity contribution in [3.63, 3.8) is 0 Å². The molecule has 0 radical (unpaired) electrons. The number of nitrogens with zero attached hydrogens (tertiary/aromatic N) is 1. The van der Waals surface area contributed by atoms with Gasteiger partial charge in [0.1, 0.15) is 6.54 Å². The van der Waals surface area contributed by atoms with Gasteiger partial charge in [-0.2, -0.15) is 0 Å². The third-order valence-electron chi connectivity index (χ3n) is 4.49. The van der Waals surface area contributed by atoms with Gasteiger partial charge in [0.05, 0.1) is 0 Å². The molecule has 0 spiro atoms. The molecule has 0 bridgehead atoms. The van der Waals surface area contributed by atoms with E-state index in [0.29, 0.717) is 0 Å². The molecule has 4 heteroatoms. The van der Waals surface area contributed by atoms with Gasteiger partial charge in [-0.3, -0.25) is 9.59 Å². The Hall–Kier alpha value is -1.84. The van der Waals surface area contributed by atoms with Gasteiger partial charge in [0, 0.05) is 18.7 Å². The van der Waals surface area contributed by atoms with Gasteiger partial charge in [0.15, 0.2) is 0 Å². The van der Waals surface area contributed by atoms with E-state index in [2.05, 4.69) is 12.2 Å². The second kappa shape index (κ2) is 7.43. The summed E-state index contributed by atoms with van der Waals surface area (Å²) >= 11 is 0. The largest absolute Gasteiger partial charge is 0.331 e. The van der Waals surface area contributed by atoms with Crippen LogP contribution in [0.4, 0.5) is 5.69 Å². The molecule has 4 nitrogen and oxygen atoms in total. The summed E-state index contributed by atoms with van der Waals surface area (Å²) in [5.41, 5.74) is 3.08. The van der Waals surface area contributed by atoms with Crippen molar-refractivity contribution in [2.75, 3.05) is 11.9 Å². The van der Waals surface area contributed by atoms with Crippen molar-refractivity contribution in [2.24, 2.45) is 0 Å². The average molecular weight is 302 g/mol. The summed E-state index contributed by atoms with van der Waals surface area (Å²) in [6.45, 7) is 5.77. The third-order valence-corrected chi connectivity index (χ3v) is 4.49. The molecular weight excluding hydrogens is 276 g/mol. The molecule has 1 saturated carbocycles. The highest BCUT2D eigenvalue weighted by Crippen LogP contribution is 2.24. The molecule has 22 heavy (non-hydrogen) atoms. The lowest BCUT2D eigenvalue weighted by Gasteiger charge is -2.27. The summed E-state index contributed by atoms with van der Waals surface area (Å²) < 4.78 is 0. The zero-order valence-electron chi connectivity index (χ0n) is 13.8. The Labute approximate surface area is 132 Å². The Balaban J connectivity index is 2.07. The van der Waals surface area contributed by atoms with Gasteiger partial charge in [0.2, 0.25) is 11.8 Å². The highest BCUT2D eigenvalue weighted by molar-refractivity contribution is 5.95.